The average Bonchev–Trinajstić information content (AvgIpc) is 1.61. The summed E-state index contributed by atoms with van der Waals surface area (Å²) in [5.41, 5.74) is 0. The summed E-state index contributed by atoms with van der Waals surface area (Å²) in [6, 6.07) is 0. The number of hydrogen-bond acceptors (Lipinski definition) is 1. The molecular weight excluding hydrogens is 159 g/mol. The molecule has 0 unspecified atom stereocenters. The minimum absolute atomic E-state index is 0.756. The molecule has 0 radical (unpaired) electrons. The summed E-state index contributed by atoms with van der Waals surface area (Å²) >= 11 is 0.756. The Kier molecular flexibility index (Phi) is 6.18. The van der Waals surface area contributed by atoms with Gasteiger partial charge in [-0.05, 0) is 0 Å². The SMILES string of the molecule is C/C=C/S[Se]C. The Morgan fingerprint density at radius 3 is 2.50 bits per heavy atom. The molecule has 0 aromatic heterocycles. The zero-order valence-electron chi connectivity index (χ0n) is 3.97. The van der Waals surface area contributed by atoms with Crippen LogP contribution in [0.2, 0.25) is 5.82 Å². The van der Waals surface area contributed by atoms with Crippen molar-refractivity contribution in [3.8, 4) is 0 Å². The molecular formula is C4H8SSe. The van der Waals surface area contributed by atoms with Crippen molar-refractivity contribution in [1.29, 1.82) is 0 Å². The van der Waals surface area contributed by atoms with Crippen molar-refractivity contribution in [1.82, 2.24) is 0 Å². The average molecular weight is 167 g/mol. The molecule has 36 valence electrons. The number of allylic oxidation sites excluding steroid dienone is 1. The van der Waals surface area contributed by atoms with E-state index in [4.69, 9.17) is 0 Å². The van der Waals surface area contributed by atoms with E-state index in [1.165, 1.54) is 0 Å². The number of rotatable bonds is 2. The molecule has 0 aliphatic carbocycles. The third-order valence-corrected chi connectivity index (χ3v) is 2.77. The van der Waals surface area contributed by atoms with Crippen LogP contribution in [0.4, 0.5) is 0 Å². The van der Waals surface area contributed by atoms with Crippen LogP contribution in [0.15, 0.2) is 11.5 Å². The van der Waals surface area contributed by atoms with Crippen LogP contribution in [0.1, 0.15) is 6.92 Å². The molecule has 0 saturated heterocycles. The van der Waals surface area contributed by atoms with Gasteiger partial charge in [0.1, 0.15) is 0 Å². The van der Waals surface area contributed by atoms with E-state index in [0.717, 1.165) is 13.8 Å². The molecule has 0 rings (SSSR count). The summed E-state index contributed by atoms with van der Waals surface area (Å²) in [4.78, 5) is 0. The van der Waals surface area contributed by atoms with Crippen molar-refractivity contribution in [2.24, 2.45) is 0 Å². The van der Waals surface area contributed by atoms with E-state index in [9.17, 15) is 0 Å². The van der Waals surface area contributed by atoms with Crippen LogP contribution in [0.3, 0.4) is 0 Å². The van der Waals surface area contributed by atoms with Crippen LogP contribution in [0, 0.1) is 0 Å². The fourth-order valence-corrected chi connectivity index (χ4v) is 1.73. The second kappa shape index (κ2) is 5.61. The summed E-state index contributed by atoms with van der Waals surface area (Å²) in [5.74, 6) is 2.21. The van der Waals surface area contributed by atoms with Gasteiger partial charge in [-0.1, -0.05) is 0 Å². The predicted molar refractivity (Wildman–Crippen MR) is 34.0 cm³/mol. The fraction of sp³-hybridized carbons (Fsp3) is 0.500. The third kappa shape index (κ3) is 4.61. The van der Waals surface area contributed by atoms with Crippen LogP contribution in [-0.4, -0.2) is 13.8 Å². The van der Waals surface area contributed by atoms with Gasteiger partial charge in [-0.15, -0.1) is 0 Å². The number of hydrogen-bond donors (Lipinski definition) is 0. The van der Waals surface area contributed by atoms with Gasteiger partial charge in [-0.3, -0.25) is 0 Å². The van der Waals surface area contributed by atoms with Gasteiger partial charge in [0.05, 0.1) is 0 Å². The van der Waals surface area contributed by atoms with E-state index in [1.807, 2.05) is 17.1 Å². The molecule has 0 fully saturated rings. The molecule has 0 aromatic rings. The quantitative estimate of drug-likeness (QED) is 0.566. The van der Waals surface area contributed by atoms with Crippen LogP contribution < -0.4 is 0 Å². The Hall–Kier alpha value is 0.609. The second-order valence-corrected chi connectivity index (χ2v) is 4.84. The fourth-order valence-electron chi connectivity index (χ4n) is 0.111. The maximum atomic E-state index is 2.21. The van der Waals surface area contributed by atoms with Gasteiger partial charge in [0.2, 0.25) is 0 Å². The zero-order chi connectivity index (χ0) is 4.83. The Labute approximate surface area is 48.6 Å². The Balaban J connectivity index is 2.66. The van der Waals surface area contributed by atoms with Crippen LogP contribution >= 0.6 is 10.2 Å². The standard InChI is InChI=1S/C4H8SSe/c1-3-4-5-6-2/h3-4H,1-2H3/b4-3+. The summed E-state index contributed by atoms with van der Waals surface area (Å²) < 4.78 is 0. The van der Waals surface area contributed by atoms with Crippen molar-refractivity contribution in [3.05, 3.63) is 11.5 Å². The monoisotopic (exact) mass is 168 g/mol. The topological polar surface area (TPSA) is 0 Å². The molecule has 0 spiro atoms. The van der Waals surface area contributed by atoms with Gasteiger partial charge < -0.3 is 0 Å². The first-order valence-electron chi connectivity index (χ1n) is 1.72. The summed E-state index contributed by atoms with van der Waals surface area (Å²) in [5, 5.41) is 2.12. The zero-order valence-corrected chi connectivity index (χ0v) is 6.50. The van der Waals surface area contributed by atoms with Gasteiger partial charge in [-0.25, -0.2) is 0 Å². The maximum absolute atomic E-state index is 2.21. The van der Waals surface area contributed by atoms with Gasteiger partial charge in [-0.2, -0.15) is 0 Å². The molecule has 0 atom stereocenters. The van der Waals surface area contributed by atoms with Gasteiger partial charge in [0.15, 0.2) is 0 Å². The normalized spacial score (nSPS) is 10.3. The first-order valence-corrected chi connectivity index (χ1v) is 6.34. The molecule has 0 aliphatic rings. The van der Waals surface area contributed by atoms with Crippen molar-refractivity contribution in [3.63, 3.8) is 0 Å². The van der Waals surface area contributed by atoms with Gasteiger partial charge >= 0.3 is 48.2 Å². The molecule has 0 heterocycles. The van der Waals surface area contributed by atoms with Crippen LogP contribution in [0.25, 0.3) is 0 Å². The molecule has 0 saturated carbocycles. The summed E-state index contributed by atoms with van der Waals surface area (Å²) in [6.07, 6.45) is 2.07. The first-order chi connectivity index (χ1) is 2.91. The van der Waals surface area contributed by atoms with Crippen LogP contribution in [0.5, 0.6) is 0 Å². The second-order valence-electron chi connectivity index (χ2n) is 0.732. The van der Waals surface area contributed by atoms with E-state index >= 15 is 0 Å². The van der Waals surface area contributed by atoms with E-state index in [2.05, 4.69) is 17.3 Å². The van der Waals surface area contributed by atoms with Crippen LogP contribution in [-0.2, 0) is 0 Å². The molecule has 0 aromatic carbocycles. The Bertz CT molecular complexity index is 42.8. The first kappa shape index (κ1) is 6.61. The summed E-state index contributed by atoms with van der Waals surface area (Å²) in [6.45, 7) is 2.04. The molecule has 6 heavy (non-hydrogen) atoms. The van der Waals surface area contributed by atoms with E-state index in [0.29, 0.717) is 0 Å². The molecule has 0 bridgehead atoms. The predicted octanol–water partition coefficient (Wildman–Crippen LogP) is 1.92. The molecule has 0 aliphatic heterocycles. The third-order valence-electron chi connectivity index (χ3n) is 0.288. The Morgan fingerprint density at radius 1 is 1.67 bits per heavy atom. The van der Waals surface area contributed by atoms with Crippen molar-refractivity contribution in [2.45, 2.75) is 12.7 Å². The Morgan fingerprint density at radius 2 is 2.33 bits per heavy atom. The van der Waals surface area contributed by atoms with E-state index < -0.39 is 0 Å². The van der Waals surface area contributed by atoms with Gasteiger partial charge in [0.25, 0.3) is 0 Å². The van der Waals surface area contributed by atoms with E-state index in [-0.39, 0.29) is 0 Å². The van der Waals surface area contributed by atoms with Crippen molar-refractivity contribution < 1.29 is 0 Å². The molecule has 0 amide bonds. The van der Waals surface area contributed by atoms with Crippen molar-refractivity contribution in [2.75, 3.05) is 0 Å². The van der Waals surface area contributed by atoms with Crippen molar-refractivity contribution >= 4 is 24.0 Å². The summed E-state index contributed by atoms with van der Waals surface area (Å²) in [7, 11) is 1.89. The van der Waals surface area contributed by atoms with Gasteiger partial charge in [0, 0.05) is 0 Å². The molecule has 0 N–H and O–H groups in total. The van der Waals surface area contributed by atoms with E-state index in [1.54, 1.807) is 0 Å². The minimum atomic E-state index is 0.756. The molecule has 2 heteroatoms. The molecule has 0 nitrogen and oxygen atoms in total.